The molecule has 0 aliphatic carbocycles. The molecule has 0 N–H and O–H groups in total. The number of aryl methyl sites for hydroxylation is 1. The standard InChI is InChI=1S/C14H14N2O/c1-16-9-7-13(8-10-16)14(17)15-11-12-5-3-2-4-6-12/h2-10H,11H2,1H3. The molecule has 0 radical (unpaired) electrons. The topological polar surface area (TPSA) is 39.3 Å². The highest BCUT2D eigenvalue weighted by Gasteiger charge is 1.95. The first kappa shape index (κ1) is 11.3. The second-order valence-corrected chi connectivity index (χ2v) is 3.86. The van der Waals surface area contributed by atoms with Crippen LogP contribution in [0.2, 0.25) is 0 Å². The molecule has 0 unspecified atom stereocenters. The number of rotatable bonds is 3. The molecule has 1 heterocycles. The van der Waals surface area contributed by atoms with Gasteiger partial charge in [-0.1, -0.05) is 30.3 Å². The summed E-state index contributed by atoms with van der Waals surface area (Å²) >= 11 is 0. The van der Waals surface area contributed by atoms with Gasteiger partial charge in [-0.3, -0.25) is 4.99 Å². The van der Waals surface area contributed by atoms with Crippen LogP contribution < -0.4 is 9.67 Å². The van der Waals surface area contributed by atoms with E-state index in [4.69, 9.17) is 0 Å². The summed E-state index contributed by atoms with van der Waals surface area (Å²) in [6, 6.07) is 13.3. The van der Waals surface area contributed by atoms with Gasteiger partial charge in [0.25, 0.3) is 0 Å². The maximum atomic E-state index is 11.8. The van der Waals surface area contributed by atoms with E-state index in [9.17, 15) is 5.11 Å². The van der Waals surface area contributed by atoms with Crippen LogP contribution in [0.4, 0.5) is 0 Å². The van der Waals surface area contributed by atoms with Crippen molar-refractivity contribution in [2.75, 3.05) is 0 Å². The molecule has 0 atom stereocenters. The Morgan fingerprint density at radius 1 is 1.12 bits per heavy atom. The van der Waals surface area contributed by atoms with Crippen LogP contribution >= 0.6 is 0 Å². The van der Waals surface area contributed by atoms with Crippen molar-refractivity contribution in [3.63, 3.8) is 0 Å². The summed E-state index contributed by atoms with van der Waals surface area (Å²) in [6.07, 6.45) is 3.68. The fourth-order valence-corrected chi connectivity index (χ4v) is 1.48. The molecular weight excluding hydrogens is 212 g/mol. The second-order valence-electron chi connectivity index (χ2n) is 3.86. The van der Waals surface area contributed by atoms with Gasteiger partial charge in [0, 0.05) is 12.1 Å². The third-order valence-electron chi connectivity index (χ3n) is 2.47. The molecule has 3 nitrogen and oxygen atoms in total. The number of hydrogen-bond acceptors (Lipinski definition) is 2. The third-order valence-corrected chi connectivity index (χ3v) is 2.47. The van der Waals surface area contributed by atoms with Crippen LogP contribution in [-0.4, -0.2) is 5.90 Å². The average molecular weight is 226 g/mol. The predicted molar refractivity (Wildman–Crippen MR) is 64.3 cm³/mol. The van der Waals surface area contributed by atoms with Crippen LogP contribution in [0.1, 0.15) is 11.1 Å². The van der Waals surface area contributed by atoms with Gasteiger partial charge in [0.05, 0.1) is 6.54 Å². The van der Waals surface area contributed by atoms with Gasteiger partial charge in [-0.25, -0.2) is 4.57 Å². The minimum atomic E-state index is -0.172. The van der Waals surface area contributed by atoms with Crippen LogP contribution in [0.3, 0.4) is 0 Å². The zero-order valence-corrected chi connectivity index (χ0v) is 9.71. The number of pyridine rings is 1. The van der Waals surface area contributed by atoms with Crippen LogP contribution in [0.25, 0.3) is 0 Å². The second kappa shape index (κ2) is 5.25. The molecule has 1 aromatic heterocycles. The summed E-state index contributed by atoms with van der Waals surface area (Å²) in [5.41, 5.74) is 1.67. The summed E-state index contributed by atoms with van der Waals surface area (Å²) in [5, 5.41) is 11.8. The molecule has 0 saturated heterocycles. The molecule has 0 spiro atoms. The van der Waals surface area contributed by atoms with Crippen molar-refractivity contribution in [1.82, 2.24) is 0 Å². The number of hydrogen-bond donors (Lipinski definition) is 0. The Labute approximate surface area is 101 Å². The maximum absolute atomic E-state index is 11.8. The van der Waals surface area contributed by atoms with Gasteiger partial charge in [-0.05, 0) is 17.0 Å². The average Bonchev–Trinajstić information content (AvgIpc) is 2.38. The van der Waals surface area contributed by atoms with Crippen molar-refractivity contribution < 1.29 is 9.67 Å². The van der Waals surface area contributed by atoms with E-state index in [0.717, 1.165) is 5.56 Å². The Kier molecular flexibility index (Phi) is 3.50. The van der Waals surface area contributed by atoms with Crippen LogP contribution in [0, 0.1) is 0 Å². The number of aliphatic imine (C=N–C) groups is 1. The summed E-state index contributed by atoms with van der Waals surface area (Å²) < 4.78 is 1.88. The first-order valence-corrected chi connectivity index (χ1v) is 5.47. The van der Waals surface area contributed by atoms with Gasteiger partial charge in [0.1, 0.15) is 7.05 Å². The molecule has 0 amide bonds. The van der Waals surface area contributed by atoms with E-state index < -0.39 is 0 Å². The summed E-state index contributed by atoms with van der Waals surface area (Å²) in [5.74, 6) is -0.172. The number of nitrogens with zero attached hydrogens (tertiary/aromatic N) is 2. The van der Waals surface area contributed by atoms with Crippen molar-refractivity contribution >= 4 is 5.90 Å². The third kappa shape index (κ3) is 3.14. The molecule has 2 aromatic rings. The predicted octanol–water partition coefficient (Wildman–Crippen LogP) is 0.818. The smallest absolute Gasteiger partial charge is 0.169 e. The molecule has 3 heteroatoms. The molecular formula is C14H14N2O. The van der Waals surface area contributed by atoms with E-state index in [-0.39, 0.29) is 5.90 Å². The maximum Gasteiger partial charge on any atom is 0.169 e. The monoisotopic (exact) mass is 226 g/mol. The lowest BCUT2D eigenvalue weighted by Gasteiger charge is -2.09. The van der Waals surface area contributed by atoms with Crippen molar-refractivity contribution in [3.8, 4) is 0 Å². The van der Waals surface area contributed by atoms with Crippen molar-refractivity contribution in [3.05, 3.63) is 66.0 Å². The summed E-state index contributed by atoms with van der Waals surface area (Å²) in [6.45, 7) is 0.431. The van der Waals surface area contributed by atoms with Gasteiger partial charge in [0.2, 0.25) is 0 Å². The van der Waals surface area contributed by atoms with E-state index in [2.05, 4.69) is 4.99 Å². The van der Waals surface area contributed by atoms with E-state index in [1.165, 1.54) is 0 Å². The van der Waals surface area contributed by atoms with E-state index in [0.29, 0.717) is 12.1 Å². The highest BCUT2D eigenvalue weighted by Crippen LogP contribution is 2.02. The molecule has 17 heavy (non-hydrogen) atoms. The minimum absolute atomic E-state index is 0.172. The van der Waals surface area contributed by atoms with Gasteiger partial charge >= 0.3 is 0 Å². The van der Waals surface area contributed by atoms with Gasteiger partial charge in [0.15, 0.2) is 12.4 Å². The molecule has 0 saturated carbocycles. The molecule has 0 aliphatic heterocycles. The fourth-order valence-electron chi connectivity index (χ4n) is 1.48. The lowest BCUT2D eigenvalue weighted by molar-refractivity contribution is -0.671. The van der Waals surface area contributed by atoms with Crippen molar-refractivity contribution in [2.45, 2.75) is 6.54 Å². The van der Waals surface area contributed by atoms with Crippen LogP contribution in [0.5, 0.6) is 0 Å². The van der Waals surface area contributed by atoms with E-state index >= 15 is 0 Å². The number of aromatic nitrogens is 1. The van der Waals surface area contributed by atoms with Gasteiger partial charge in [-0.2, -0.15) is 0 Å². The molecule has 1 aromatic carbocycles. The Morgan fingerprint density at radius 2 is 1.76 bits per heavy atom. The lowest BCUT2D eigenvalue weighted by atomic mass is 10.2. The largest absolute Gasteiger partial charge is 0.858 e. The highest BCUT2D eigenvalue weighted by molar-refractivity contribution is 5.90. The molecule has 0 fully saturated rings. The number of benzene rings is 1. The first-order valence-electron chi connectivity index (χ1n) is 5.47. The van der Waals surface area contributed by atoms with Crippen molar-refractivity contribution in [1.29, 1.82) is 0 Å². The first-order chi connectivity index (χ1) is 8.25. The SMILES string of the molecule is C[n+]1ccc(C([O-])=NCc2ccccc2)cc1. The Hall–Kier alpha value is -2.16. The van der Waals surface area contributed by atoms with Gasteiger partial charge < -0.3 is 5.11 Å². The minimum Gasteiger partial charge on any atom is -0.858 e. The fraction of sp³-hybridized carbons (Fsp3) is 0.143. The summed E-state index contributed by atoms with van der Waals surface area (Å²) in [4.78, 5) is 4.05. The molecule has 2 rings (SSSR count). The van der Waals surface area contributed by atoms with Crippen molar-refractivity contribution in [2.24, 2.45) is 12.0 Å². The summed E-state index contributed by atoms with van der Waals surface area (Å²) in [7, 11) is 1.91. The highest BCUT2D eigenvalue weighted by atomic mass is 16.3. The Bertz CT molecular complexity index is 504. The van der Waals surface area contributed by atoms with Crippen LogP contribution in [0.15, 0.2) is 59.9 Å². The Morgan fingerprint density at radius 3 is 2.41 bits per heavy atom. The zero-order valence-electron chi connectivity index (χ0n) is 9.71. The molecule has 86 valence electrons. The molecule has 0 aliphatic rings. The quantitative estimate of drug-likeness (QED) is 0.434. The lowest BCUT2D eigenvalue weighted by Crippen LogP contribution is -2.28. The van der Waals surface area contributed by atoms with Gasteiger partial charge in [-0.15, -0.1) is 0 Å². The van der Waals surface area contributed by atoms with Crippen LogP contribution in [-0.2, 0) is 13.6 Å². The molecule has 0 bridgehead atoms. The van der Waals surface area contributed by atoms with E-state index in [1.54, 1.807) is 12.1 Å². The Balaban J connectivity index is 2.10. The zero-order chi connectivity index (χ0) is 12.1. The van der Waals surface area contributed by atoms with E-state index in [1.807, 2.05) is 54.3 Å². The normalized spacial score (nSPS) is 11.5.